The summed E-state index contributed by atoms with van der Waals surface area (Å²) in [6.07, 6.45) is 38.2. The Morgan fingerprint density at radius 3 is 1.27 bits per heavy atom. The fourth-order valence-electron chi connectivity index (χ4n) is 10.6. The molecule has 2 fully saturated rings. The number of ether oxygens (including phenoxy) is 4. The summed E-state index contributed by atoms with van der Waals surface area (Å²) in [5.74, 6) is -0.203. The van der Waals surface area contributed by atoms with Crippen LogP contribution < -0.4 is 5.32 Å². The third-order valence-corrected chi connectivity index (χ3v) is 15.7. The van der Waals surface area contributed by atoms with E-state index in [-0.39, 0.29) is 12.5 Å². The topological polar surface area (TPSA) is 228 Å². The molecule has 2 aliphatic rings. The van der Waals surface area contributed by atoms with Crippen molar-refractivity contribution in [1.29, 1.82) is 0 Å². The maximum absolute atomic E-state index is 13.2. The first-order chi connectivity index (χ1) is 36.6. The highest BCUT2D eigenvalue weighted by molar-refractivity contribution is 5.76. The molecule has 0 aliphatic carbocycles. The molecule has 2 heterocycles. The third-order valence-electron chi connectivity index (χ3n) is 15.7. The van der Waals surface area contributed by atoms with Gasteiger partial charge in [0.15, 0.2) is 12.6 Å². The van der Waals surface area contributed by atoms with E-state index >= 15 is 0 Å². The van der Waals surface area contributed by atoms with E-state index in [1.807, 2.05) is 0 Å². The van der Waals surface area contributed by atoms with Crippen molar-refractivity contribution in [2.45, 2.75) is 351 Å². The molecule has 2 rings (SSSR count). The minimum Gasteiger partial charge on any atom is -0.394 e. The fourth-order valence-corrected chi connectivity index (χ4v) is 10.6. The summed E-state index contributed by atoms with van der Waals surface area (Å²) in [4.78, 5) is 13.2. The Morgan fingerprint density at radius 2 is 0.840 bits per heavy atom. The second-order valence-corrected chi connectivity index (χ2v) is 22.5. The van der Waals surface area contributed by atoms with Gasteiger partial charge in [0.2, 0.25) is 5.91 Å². The van der Waals surface area contributed by atoms with Crippen molar-refractivity contribution < 1.29 is 64.6 Å². The molecular formula is C61H117NO13. The highest BCUT2D eigenvalue weighted by atomic mass is 16.7. The van der Waals surface area contributed by atoms with Gasteiger partial charge in [-0.25, -0.2) is 0 Å². The van der Waals surface area contributed by atoms with E-state index in [1.165, 1.54) is 199 Å². The zero-order valence-corrected chi connectivity index (χ0v) is 47.8. The van der Waals surface area contributed by atoms with Crippen LogP contribution in [-0.2, 0) is 23.7 Å². The van der Waals surface area contributed by atoms with Gasteiger partial charge in [-0.05, 0) is 38.5 Å². The number of allylic oxidation sites excluding steroid dienone is 2. The Labute approximate surface area is 456 Å². The van der Waals surface area contributed by atoms with Gasteiger partial charge < -0.3 is 65.1 Å². The van der Waals surface area contributed by atoms with Gasteiger partial charge in [0.1, 0.15) is 48.8 Å². The fraction of sp³-hybridized carbons (Fsp3) is 0.951. The van der Waals surface area contributed by atoms with Gasteiger partial charge >= 0.3 is 0 Å². The summed E-state index contributed by atoms with van der Waals surface area (Å²) in [6.45, 7) is 2.86. The van der Waals surface area contributed by atoms with E-state index in [2.05, 4.69) is 31.3 Å². The van der Waals surface area contributed by atoms with Crippen molar-refractivity contribution in [3.8, 4) is 0 Å². The Kier molecular flexibility index (Phi) is 44.3. The molecule has 0 aromatic rings. The molecular weight excluding hydrogens is 955 g/mol. The first-order valence-electron chi connectivity index (χ1n) is 31.4. The lowest BCUT2D eigenvalue weighted by molar-refractivity contribution is -0.359. The lowest BCUT2D eigenvalue weighted by Gasteiger charge is -2.46. The van der Waals surface area contributed by atoms with Crippen LogP contribution in [0.5, 0.6) is 0 Å². The van der Waals surface area contributed by atoms with Crippen LogP contribution in [0.15, 0.2) is 12.2 Å². The summed E-state index contributed by atoms with van der Waals surface area (Å²) in [6, 6.07) is -0.823. The van der Waals surface area contributed by atoms with Gasteiger partial charge in [-0.1, -0.05) is 244 Å². The molecule has 12 atom stereocenters. The van der Waals surface area contributed by atoms with Crippen LogP contribution in [0.4, 0.5) is 0 Å². The Balaban J connectivity index is 1.60. The van der Waals surface area contributed by atoms with Gasteiger partial charge in [-0.3, -0.25) is 4.79 Å². The van der Waals surface area contributed by atoms with Crippen molar-refractivity contribution in [2.24, 2.45) is 0 Å². The number of aliphatic hydroxyl groups excluding tert-OH is 8. The quantitative estimate of drug-likeness (QED) is 0.0204. The molecule has 2 aliphatic heterocycles. The zero-order chi connectivity index (χ0) is 54.6. The number of unbranched alkanes of at least 4 members (excludes halogenated alkanes) is 36. The molecule has 2 saturated heterocycles. The van der Waals surface area contributed by atoms with Crippen molar-refractivity contribution in [1.82, 2.24) is 5.32 Å². The first kappa shape index (κ1) is 69.8. The van der Waals surface area contributed by atoms with Gasteiger partial charge in [0.05, 0.1) is 32.0 Å². The molecule has 0 bridgehead atoms. The van der Waals surface area contributed by atoms with Crippen LogP contribution in [0.1, 0.15) is 277 Å². The van der Waals surface area contributed by atoms with Crippen LogP contribution in [0, 0.1) is 0 Å². The Morgan fingerprint density at radius 1 is 0.467 bits per heavy atom. The van der Waals surface area contributed by atoms with Crippen LogP contribution in [0.25, 0.3) is 0 Å². The van der Waals surface area contributed by atoms with Gasteiger partial charge in [-0.2, -0.15) is 0 Å². The monoisotopic (exact) mass is 1070 g/mol. The Bertz CT molecular complexity index is 1310. The molecule has 0 saturated carbocycles. The summed E-state index contributed by atoms with van der Waals surface area (Å²) in [7, 11) is 0. The Hall–Kier alpha value is -1.27. The maximum atomic E-state index is 13.2. The number of aliphatic hydroxyl groups is 8. The third kappa shape index (κ3) is 33.2. The summed E-state index contributed by atoms with van der Waals surface area (Å²) in [5.41, 5.74) is 0. The number of hydrogen-bond acceptors (Lipinski definition) is 13. The van der Waals surface area contributed by atoms with Crippen LogP contribution >= 0.6 is 0 Å². The number of carbonyl (C=O) groups is 1. The molecule has 75 heavy (non-hydrogen) atoms. The average molecular weight is 1070 g/mol. The molecule has 0 aromatic carbocycles. The van der Waals surface area contributed by atoms with Gasteiger partial charge in [0.25, 0.3) is 0 Å². The van der Waals surface area contributed by atoms with Crippen LogP contribution in [0.2, 0.25) is 0 Å². The lowest BCUT2D eigenvalue weighted by Crippen LogP contribution is -2.65. The van der Waals surface area contributed by atoms with Crippen molar-refractivity contribution >= 4 is 5.91 Å². The molecule has 14 nitrogen and oxygen atoms in total. The normalized spacial score (nSPS) is 25.0. The van der Waals surface area contributed by atoms with E-state index in [1.54, 1.807) is 0 Å². The average Bonchev–Trinajstić information content (AvgIpc) is 3.41. The number of amides is 1. The predicted molar refractivity (Wildman–Crippen MR) is 300 cm³/mol. The minimum absolute atomic E-state index is 0.203. The van der Waals surface area contributed by atoms with Gasteiger partial charge in [0, 0.05) is 6.42 Å². The summed E-state index contributed by atoms with van der Waals surface area (Å²) >= 11 is 0. The highest BCUT2D eigenvalue weighted by Crippen LogP contribution is 2.30. The number of hydrogen-bond donors (Lipinski definition) is 9. The molecule has 0 radical (unpaired) electrons. The van der Waals surface area contributed by atoms with Crippen molar-refractivity contribution in [3.05, 3.63) is 12.2 Å². The molecule has 0 aromatic heterocycles. The second-order valence-electron chi connectivity index (χ2n) is 22.5. The number of carbonyl (C=O) groups excluding carboxylic acids is 1. The van der Waals surface area contributed by atoms with E-state index in [0.717, 1.165) is 51.4 Å². The van der Waals surface area contributed by atoms with E-state index in [0.29, 0.717) is 12.8 Å². The standard InChI is InChI=1S/C61H117NO13/c1-3-5-7-9-11-13-15-16-17-18-19-20-21-22-23-24-25-26-27-28-29-30-31-32-33-34-35-37-39-41-43-45-53(66)62-49(50(65)44-42-40-38-36-14-12-10-8-6-4-2)48-72-60-58(71)56(69)59(52(47-64)74-60)75-61-57(70)55(68)54(67)51(46-63)73-61/h18-19,49-52,54-61,63-65,67-71H,3-17,20-48H2,1-2H3,(H,62,66)/b19-18-. The molecule has 0 spiro atoms. The molecule has 14 heteroatoms. The van der Waals surface area contributed by atoms with E-state index in [4.69, 9.17) is 18.9 Å². The summed E-state index contributed by atoms with van der Waals surface area (Å²) in [5, 5.41) is 87.1. The SMILES string of the molecule is CCCCCCCCCC/C=C\CCCCCCCCCCCCCCCCCCCCCC(=O)NC(COC1OC(CO)C(OC2OC(CO)C(O)C(O)C2O)C(O)C1O)C(O)CCCCCCCCCCCC. The largest absolute Gasteiger partial charge is 0.394 e. The molecule has 1 amide bonds. The molecule has 9 N–H and O–H groups in total. The zero-order valence-electron chi connectivity index (χ0n) is 47.8. The number of rotatable bonds is 51. The minimum atomic E-state index is -1.78. The van der Waals surface area contributed by atoms with Crippen LogP contribution in [-0.4, -0.2) is 140 Å². The van der Waals surface area contributed by atoms with Gasteiger partial charge in [-0.15, -0.1) is 0 Å². The maximum Gasteiger partial charge on any atom is 0.220 e. The number of nitrogens with one attached hydrogen (secondary N) is 1. The lowest BCUT2D eigenvalue weighted by atomic mass is 9.97. The van der Waals surface area contributed by atoms with Crippen molar-refractivity contribution in [3.63, 3.8) is 0 Å². The molecule has 12 unspecified atom stereocenters. The highest BCUT2D eigenvalue weighted by Gasteiger charge is 2.51. The summed E-state index contributed by atoms with van der Waals surface area (Å²) < 4.78 is 22.8. The second kappa shape index (κ2) is 47.5. The predicted octanol–water partition coefficient (Wildman–Crippen LogP) is 11.1. The smallest absolute Gasteiger partial charge is 0.220 e. The van der Waals surface area contributed by atoms with E-state index < -0.39 is 86.8 Å². The van der Waals surface area contributed by atoms with Crippen LogP contribution in [0.3, 0.4) is 0 Å². The van der Waals surface area contributed by atoms with Crippen molar-refractivity contribution in [2.75, 3.05) is 19.8 Å². The first-order valence-corrected chi connectivity index (χ1v) is 31.4. The molecule has 444 valence electrons. The van der Waals surface area contributed by atoms with E-state index in [9.17, 15) is 45.6 Å².